The van der Waals surface area contributed by atoms with Gasteiger partial charge in [-0.2, -0.15) is 0 Å². The lowest BCUT2D eigenvalue weighted by atomic mass is 9.87. The number of hydrogen-bond acceptors (Lipinski definition) is 9. The van der Waals surface area contributed by atoms with Crippen LogP contribution >= 0.6 is 22.7 Å². The largest absolute Gasteiger partial charge is 0.444 e. The second-order valence-corrected chi connectivity index (χ2v) is 17.7. The van der Waals surface area contributed by atoms with Crippen molar-refractivity contribution in [2.24, 2.45) is 0 Å². The van der Waals surface area contributed by atoms with Crippen molar-refractivity contribution in [2.75, 3.05) is 40.3 Å². The molecule has 2 aromatic carbocycles. The van der Waals surface area contributed by atoms with Crippen LogP contribution in [-0.2, 0) is 17.8 Å². The summed E-state index contributed by atoms with van der Waals surface area (Å²) in [5, 5.41) is 9.75. The van der Waals surface area contributed by atoms with Gasteiger partial charge in [-0.15, -0.1) is 22.7 Å². The molecule has 2 saturated heterocycles. The SMILES string of the molecule is Cc1ccc(CN(C)C2(C)CCN(C(=O)OC(C)(C)C)CC2)c(-c2nccs2)c1.Cc1ccc(CN(C)C2(C)CCNCC2)c(-c2nccs2)c1. The van der Waals surface area contributed by atoms with Gasteiger partial charge in [-0.1, -0.05) is 35.4 Å². The number of benzene rings is 2. The van der Waals surface area contributed by atoms with Crippen molar-refractivity contribution in [1.29, 1.82) is 0 Å². The Morgan fingerprint density at radius 3 is 1.67 bits per heavy atom. The molecule has 0 radical (unpaired) electrons. The highest BCUT2D eigenvalue weighted by atomic mass is 32.1. The minimum absolute atomic E-state index is 0.0452. The average molecular weight is 731 g/mol. The second kappa shape index (κ2) is 16.7. The van der Waals surface area contributed by atoms with Crippen LogP contribution in [0.3, 0.4) is 0 Å². The third-order valence-electron chi connectivity index (χ3n) is 10.7. The molecule has 276 valence electrons. The highest BCUT2D eigenvalue weighted by molar-refractivity contribution is 7.13. The Hall–Kier alpha value is -3.15. The minimum atomic E-state index is -0.452. The van der Waals surface area contributed by atoms with E-state index in [1.807, 2.05) is 43.4 Å². The smallest absolute Gasteiger partial charge is 0.410 e. The quantitative estimate of drug-likeness (QED) is 0.194. The Balaban J connectivity index is 0.000000205. The summed E-state index contributed by atoms with van der Waals surface area (Å²) in [4.78, 5) is 28.2. The topological polar surface area (TPSA) is 73.8 Å². The summed E-state index contributed by atoms with van der Waals surface area (Å²) in [6.45, 7) is 20.2. The molecule has 2 fully saturated rings. The van der Waals surface area contributed by atoms with Crippen LogP contribution in [0.1, 0.15) is 82.6 Å². The van der Waals surface area contributed by atoms with E-state index < -0.39 is 5.60 Å². The van der Waals surface area contributed by atoms with E-state index >= 15 is 0 Å². The number of carbonyl (C=O) groups is 1. The maximum atomic E-state index is 12.4. The average Bonchev–Trinajstić information content (AvgIpc) is 3.82. The van der Waals surface area contributed by atoms with Gasteiger partial charge in [-0.25, -0.2) is 14.8 Å². The van der Waals surface area contributed by atoms with Gasteiger partial charge in [0.05, 0.1) is 0 Å². The zero-order valence-electron chi connectivity index (χ0n) is 32.2. The third kappa shape index (κ3) is 10.3. The van der Waals surface area contributed by atoms with Crippen LogP contribution in [0.15, 0.2) is 59.6 Å². The first-order valence-corrected chi connectivity index (χ1v) is 20.0. The third-order valence-corrected chi connectivity index (χ3v) is 12.3. The summed E-state index contributed by atoms with van der Waals surface area (Å²) in [5.74, 6) is 0. The zero-order valence-corrected chi connectivity index (χ0v) is 33.8. The number of hydrogen-bond donors (Lipinski definition) is 1. The zero-order chi connectivity index (χ0) is 36.8. The highest BCUT2D eigenvalue weighted by Crippen LogP contribution is 2.34. The Kier molecular flexibility index (Phi) is 12.8. The number of amides is 1. The predicted molar refractivity (Wildman–Crippen MR) is 213 cm³/mol. The summed E-state index contributed by atoms with van der Waals surface area (Å²) >= 11 is 3.40. The van der Waals surface area contributed by atoms with Gasteiger partial charge in [0.15, 0.2) is 0 Å². The van der Waals surface area contributed by atoms with E-state index in [-0.39, 0.29) is 17.2 Å². The van der Waals surface area contributed by atoms with Gasteiger partial charge in [0, 0.05) is 71.5 Å². The molecule has 0 bridgehead atoms. The second-order valence-electron chi connectivity index (χ2n) is 15.9. The van der Waals surface area contributed by atoms with Crippen LogP contribution in [0.5, 0.6) is 0 Å². The van der Waals surface area contributed by atoms with E-state index in [9.17, 15) is 4.79 Å². The first-order chi connectivity index (χ1) is 24.2. The van der Waals surface area contributed by atoms with Crippen LogP contribution in [0.2, 0.25) is 0 Å². The molecule has 1 N–H and O–H groups in total. The molecule has 2 aliphatic rings. The van der Waals surface area contributed by atoms with Crippen molar-refractivity contribution in [1.82, 2.24) is 30.0 Å². The minimum Gasteiger partial charge on any atom is -0.444 e. The van der Waals surface area contributed by atoms with Gasteiger partial charge >= 0.3 is 6.09 Å². The van der Waals surface area contributed by atoms with Crippen molar-refractivity contribution < 1.29 is 9.53 Å². The van der Waals surface area contributed by atoms with Crippen LogP contribution in [0.25, 0.3) is 21.1 Å². The number of carbonyl (C=O) groups excluding carboxylic acids is 1. The molecule has 2 aromatic heterocycles. The van der Waals surface area contributed by atoms with E-state index in [1.54, 1.807) is 22.7 Å². The summed E-state index contributed by atoms with van der Waals surface area (Å²) in [6.07, 6.45) is 7.84. The fourth-order valence-electron chi connectivity index (χ4n) is 6.89. The van der Waals surface area contributed by atoms with Gasteiger partial charge in [-0.3, -0.25) is 9.80 Å². The van der Waals surface area contributed by atoms with Gasteiger partial charge in [-0.05, 0) is 125 Å². The van der Waals surface area contributed by atoms with Crippen LogP contribution in [0.4, 0.5) is 4.79 Å². The lowest BCUT2D eigenvalue weighted by molar-refractivity contribution is 0.00174. The number of nitrogens with zero attached hydrogens (tertiary/aromatic N) is 5. The molecule has 0 aliphatic carbocycles. The molecule has 51 heavy (non-hydrogen) atoms. The number of rotatable bonds is 8. The Labute approximate surface area is 314 Å². The number of thiazole rings is 2. The van der Waals surface area contributed by atoms with E-state index in [0.29, 0.717) is 0 Å². The predicted octanol–water partition coefficient (Wildman–Crippen LogP) is 9.03. The number of aryl methyl sites for hydroxylation is 2. The van der Waals surface area contributed by atoms with Gasteiger partial charge in [0.2, 0.25) is 0 Å². The molecule has 0 unspecified atom stereocenters. The molecule has 0 spiro atoms. The van der Waals surface area contributed by atoms with E-state index in [1.165, 1.54) is 46.2 Å². The Morgan fingerprint density at radius 2 is 1.25 bits per heavy atom. The Morgan fingerprint density at radius 1 is 0.804 bits per heavy atom. The Bertz CT molecular complexity index is 1700. The van der Waals surface area contributed by atoms with Crippen LogP contribution in [-0.4, -0.2) is 87.7 Å². The van der Waals surface area contributed by atoms with Gasteiger partial charge in [0.25, 0.3) is 0 Å². The summed E-state index contributed by atoms with van der Waals surface area (Å²) in [5.41, 5.74) is 7.61. The van der Waals surface area contributed by atoms with E-state index in [2.05, 4.69) is 109 Å². The van der Waals surface area contributed by atoms with E-state index in [4.69, 9.17) is 4.74 Å². The lowest BCUT2D eigenvalue weighted by Crippen LogP contribution is -2.53. The molecule has 4 heterocycles. The molecule has 2 aliphatic heterocycles. The lowest BCUT2D eigenvalue weighted by Gasteiger charge is -2.45. The maximum absolute atomic E-state index is 12.4. The molecule has 1 amide bonds. The van der Waals surface area contributed by atoms with Gasteiger partial charge in [0.1, 0.15) is 15.6 Å². The molecule has 4 aromatic rings. The fraction of sp³-hybridized carbons (Fsp3) is 0.537. The molecular weight excluding hydrogens is 673 g/mol. The van der Waals surface area contributed by atoms with Crippen LogP contribution < -0.4 is 5.32 Å². The first-order valence-electron chi connectivity index (χ1n) is 18.3. The van der Waals surface area contributed by atoms with Crippen molar-refractivity contribution >= 4 is 28.8 Å². The first kappa shape index (κ1) is 39.1. The number of aromatic nitrogens is 2. The molecule has 0 saturated carbocycles. The van der Waals surface area contributed by atoms with Crippen LogP contribution in [0, 0.1) is 13.8 Å². The highest BCUT2D eigenvalue weighted by Gasteiger charge is 2.37. The van der Waals surface area contributed by atoms with Crippen molar-refractivity contribution in [3.05, 3.63) is 81.8 Å². The summed E-state index contributed by atoms with van der Waals surface area (Å²) < 4.78 is 5.54. The molecule has 10 heteroatoms. The van der Waals surface area contributed by atoms with Crippen molar-refractivity contribution in [3.8, 4) is 21.1 Å². The van der Waals surface area contributed by atoms with Crippen molar-refractivity contribution in [2.45, 2.75) is 104 Å². The number of nitrogens with one attached hydrogen (secondary N) is 1. The molecule has 0 atom stereocenters. The summed E-state index contributed by atoms with van der Waals surface area (Å²) in [7, 11) is 4.45. The fourth-order valence-corrected chi connectivity index (χ4v) is 8.27. The number of likely N-dealkylation sites (tertiary alicyclic amines) is 1. The number of ether oxygens (including phenoxy) is 1. The monoisotopic (exact) mass is 730 g/mol. The molecule has 6 rings (SSSR count). The molecular formula is C41H58N6O2S2. The summed E-state index contributed by atoms with van der Waals surface area (Å²) in [6, 6.07) is 13.4. The molecule has 8 nitrogen and oxygen atoms in total. The normalized spacial score (nSPS) is 17.3. The van der Waals surface area contributed by atoms with Crippen molar-refractivity contribution in [3.63, 3.8) is 0 Å². The van der Waals surface area contributed by atoms with E-state index in [0.717, 1.165) is 62.1 Å². The maximum Gasteiger partial charge on any atom is 0.410 e. The number of piperidine rings is 2. The standard InChI is InChI=1S/C23H33N3O2S.C18H25N3S/c1-17-7-8-18(19(15-17)20-24-11-14-29-20)16-25(6)23(5)9-12-26(13-10-23)21(27)28-22(2,3)4;1-14-4-5-15(16(12-14)17-20-10-11-22-17)13-21(3)18(2)6-8-19-9-7-18/h7-8,11,14-15H,9-10,12-13,16H2,1-6H3;4-5,10-12,19H,6-9,13H2,1-3H3. The van der Waals surface area contributed by atoms with Gasteiger partial charge < -0.3 is 15.0 Å².